The molecule has 1 aliphatic heterocycles. The summed E-state index contributed by atoms with van der Waals surface area (Å²) in [5, 5.41) is 0. The molecule has 0 aromatic heterocycles. The minimum absolute atomic E-state index is 0.325. The Balaban J connectivity index is 0.000000514. The van der Waals surface area contributed by atoms with Gasteiger partial charge in [-0.1, -0.05) is 26.3 Å². The molecule has 2 aliphatic rings. The van der Waals surface area contributed by atoms with Gasteiger partial charge in [-0.15, -0.1) is 0 Å². The second kappa shape index (κ2) is 4.99. The van der Waals surface area contributed by atoms with Crippen LogP contribution < -0.4 is 9.47 Å². The highest BCUT2D eigenvalue weighted by molar-refractivity contribution is 5.45. The molecule has 0 unspecified atom stereocenters. The van der Waals surface area contributed by atoms with E-state index in [1.807, 2.05) is 19.9 Å². The summed E-state index contributed by atoms with van der Waals surface area (Å²) in [4.78, 5) is 0. The van der Waals surface area contributed by atoms with Crippen molar-refractivity contribution in [3.8, 4) is 11.5 Å². The second-order valence-electron chi connectivity index (χ2n) is 4.63. The van der Waals surface area contributed by atoms with Crippen molar-refractivity contribution in [2.75, 3.05) is 0 Å². The highest BCUT2D eigenvalue weighted by Gasteiger charge is 2.42. The first kappa shape index (κ1) is 12.3. The van der Waals surface area contributed by atoms with Crippen LogP contribution in [0, 0.1) is 6.92 Å². The van der Waals surface area contributed by atoms with Crippen molar-refractivity contribution in [1.82, 2.24) is 0 Å². The van der Waals surface area contributed by atoms with Crippen LogP contribution in [0.1, 0.15) is 51.5 Å². The first-order chi connectivity index (χ1) is 8.27. The Hall–Kier alpha value is -1.18. The molecule has 1 fully saturated rings. The highest BCUT2D eigenvalue weighted by atomic mass is 16.7. The molecule has 1 aromatic rings. The van der Waals surface area contributed by atoms with Gasteiger partial charge in [0.1, 0.15) is 0 Å². The van der Waals surface area contributed by atoms with Gasteiger partial charge >= 0.3 is 0 Å². The average Bonchev–Trinajstić information content (AvgIpc) is 2.69. The van der Waals surface area contributed by atoms with E-state index < -0.39 is 0 Å². The minimum Gasteiger partial charge on any atom is -0.448 e. The summed E-state index contributed by atoms with van der Waals surface area (Å²) in [6.07, 6.45) is 5.80. The monoisotopic (exact) mass is 234 g/mol. The summed E-state index contributed by atoms with van der Waals surface area (Å²) < 4.78 is 12.0. The third-order valence-electron chi connectivity index (χ3n) is 3.31. The smallest absolute Gasteiger partial charge is 0.251 e. The third-order valence-corrected chi connectivity index (χ3v) is 3.31. The van der Waals surface area contributed by atoms with Crippen LogP contribution in [0.5, 0.6) is 11.5 Å². The quantitative estimate of drug-likeness (QED) is 0.660. The van der Waals surface area contributed by atoms with Gasteiger partial charge in [-0.05, 0) is 37.5 Å². The van der Waals surface area contributed by atoms with Gasteiger partial charge in [0.2, 0.25) is 0 Å². The Morgan fingerprint density at radius 2 is 1.59 bits per heavy atom. The molecule has 0 bridgehead atoms. The number of benzene rings is 1. The molecule has 3 rings (SSSR count). The molecule has 1 spiro atoms. The first-order valence-corrected chi connectivity index (χ1v) is 6.76. The zero-order valence-corrected chi connectivity index (χ0v) is 11.1. The van der Waals surface area contributed by atoms with E-state index in [1.54, 1.807) is 0 Å². The summed E-state index contributed by atoms with van der Waals surface area (Å²) >= 11 is 0. The highest BCUT2D eigenvalue weighted by Crippen LogP contribution is 2.45. The molecular formula is C15H22O2. The molecule has 0 atom stereocenters. The molecule has 1 saturated carbocycles. The van der Waals surface area contributed by atoms with Crippen LogP contribution in [0.15, 0.2) is 18.2 Å². The van der Waals surface area contributed by atoms with Gasteiger partial charge in [-0.3, -0.25) is 0 Å². The van der Waals surface area contributed by atoms with Crippen molar-refractivity contribution in [3.63, 3.8) is 0 Å². The van der Waals surface area contributed by atoms with Gasteiger partial charge in [0.05, 0.1) is 0 Å². The fourth-order valence-corrected chi connectivity index (χ4v) is 2.50. The molecule has 94 valence electrons. The van der Waals surface area contributed by atoms with Crippen LogP contribution in [-0.2, 0) is 0 Å². The van der Waals surface area contributed by atoms with Crippen molar-refractivity contribution in [1.29, 1.82) is 0 Å². The molecule has 0 amide bonds. The van der Waals surface area contributed by atoms with Crippen LogP contribution in [0.2, 0.25) is 0 Å². The molecule has 2 nitrogen and oxygen atoms in total. The van der Waals surface area contributed by atoms with Crippen LogP contribution >= 0.6 is 0 Å². The Kier molecular flexibility index (Phi) is 3.60. The third kappa shape index (κ3) is 2.41. The maximum atomic E-state index is 5.99. The molecule has 0 saturated heterocycles. The maximum absolute atomic E-state index is 5.99. The van der Waals surface area contributed by atoms with Gasteiger partial charge in [0.25, 0.3) is 5.79 Å². The Labute approximate surface area is 104 Å². The summed E-state index contributed by atoms with van der Waals surface area (Å²) in [6.45, 7) is 6.08. The lowest BCUT2D eigenvalue weighted by molar-refractivity contribution is -0.105. The second-order valence-corrected chi connectivity index (χ2v) is 4.63. The zero-order chi connectivity index (χ0) is 12.3. The van der Waals surface area contributed by atoms with Crippen molar-refractivity contribution >= 4 is 0 Å². The van der Waals surface area contributed by atoms with E-state index in [1.165, 1.54) is 24.8 Å². The summed E-state index contributed by atoms with van der Waals surface area (Å²) in [6, 6.07) is 6.16. The number of hydrogen-bond donors (Lipinski definition) is 0. The number of hydrogen-bond acceptors (Lipinski definition) is 2. The van der Waals surface area contributed by atoms with Gasteiger partial charge in [-0.2, -0.15) is 0 Å². The molecular weight excluding hydrogens is 212 g/mol. The number of ether oxygens (including phenoxy) is 2. The van der Waals surface area contributed by atoms with Crippen LogP contribution in [0.4, 0.5) is 0 Å². The van der Waals surface area contributed by atoms with Crippen LogP contribution in [0.25, 0.3) is 0 Å². The van der Waals surface area contributed by atoms with E-state index in [0.717, 1.165) is 24.3 Å². The SMILES string of the molecule is CC.Cc1ccc2c(c1)OC1(CCCCC1)O2. The molecule has 1 heterocycles. The van der Waals surface area contributed by atoms with Crippen molar-refractivity contribution < 1.29 is 9.47 Å². The maximum Gasteiger partial charge on any atom is 0.251 e. The van der Waals surface area contributed by atoms with Crippen molar-refractivity contribution in [2.45, 2.75) is 58.7 Å². The predicted molar refractivity (Wildman–Crippen MR) is 69.6 cm³/mol. The summed E-state index contributed by atoms with van der Waals surface area (Å²) in [5.74, 6) is 1.52. The Morgan fingerprint density at radius 1 is 0.941 bits per heavy atom. The average molecular weight is 234 g/mol. The number of aryl methyl sites for hydroxylation is 1. The minimum atomic E-state index is -0.325. The Bertz CT molecular complexity index is 379. The molecule has 0 N–H and O–H groups in total. The largest absolute Gasteiger partial charge is 0.448 e. The van der Waals surface area contributed by atoms with Gasteiger partial charge < -0.3 is 9.47 Å². The molecule has 1 aliphatic carbocycles. The molecule has 2 heteroatoms. The fraction of sp³-hybridized carbons (Fsp3) is 0.600. The van der Waals surface area contributed by atoms with E-state index in [-0.39, 0.29) is 5.79 Å². The molecule has 17 heavy (non-hydrogen) atoms. The van der Waals surface area contributed by atoms with Crippen molar-refractivity contribution in [3.05, 3.63) is 23.8 Å². The molecule has 0 radical (unpaired) electrons. The van der Waals surface area contributed by atoms with E-state index in [9.17, 15) is 0 Å². The number of fused-ring (bicyclic) bond motifs is 1. The van der Waals surface area contributed by atoms with E-state index in [4.69, 9.17) is 9.47 Å². The van der Waals surface area contributed by atoms with Gasteiger partial charge in [0, 0.05) is 12.8 Å². The van der Waals surface area contributed by atoms with E-state index >= 15 is 0 Å². The first-order valence-electron chi connectivity index (χ1n) is 6.76. The number of rotatable bonds is 0. The zero-order valence-electron chi connectivity index (χ0n) is 11.1. The van der Waals surface area contributed by atoms with Gasteiger partial charge in [0.15, 0.2) is 11.5 Å². The van der Waals surface area contributed by atoms with Crippen molar-refractivity contribution in [2.24, 2.45) is 0 Å². The van der Waals surface area contributed by atoms with Crippen LogP contribution in [-0.4, -0.2) is 5.79 Å². The Morgan fingerprint density at radius 3 is 2.29 bits per heavy atom. The summed E-state index contributed by atoms with van der Waals surface area (Å²) in [7, 11) is 0. The predicted octanol–water partition coefficient (Wildman–Crippen LogP) is 4.45. The van der Waals surface area contributed by atoms with Gasteiger partial charge in [-0.25, -0.2) is 0 Å². The summed E-state index contributed by atoms with van der Waals surface area (Å²) in [5.41, 5.74) is 1.23. The normalized spacial score (nSPS) is 19.7. The fourth-order valence-electron chi connectivity index (χ4n) is 2.50. The lowest BCUT2D eigenvalue weighted by Gasteiger charge is -2.31. The van der Waals surface area contributed by atoms with E-state index in [2.05, 4.69) is 19.1 Å². The van der Waals surface area contributed by atoms with E-state index in [0.29, 0.717) is 0 Å². The van der Waals surface area contributed by atoms with Crippen LogP contribution in [0.3, 0.4) is 0 Å². The standard InChI is InChI=1S/C13H16O2.C2H6/c1-10-5-6-11-12(9-10)15-13(14-11)7-3-2-4-8-13;1-2/h5-6,9H,2-4,7-8H2,1H3;1-2H3. The lowest BCUT2D eigenvalue weighted by atomic mass is 9.94. The molecule has 1 aromatic carbocycles. The topological polar surface area (TPSA) is 18.5 Å². The lowest BCUT2D eigenvalue weighted by Crippen LogP contribution is -2.40.